The van der Waals surface area contributed by atoms with Crippen molar-refractivity contribution in [2.75, 3.05) is 44.2 Å². The number of halogens is 1. The lowest BCUT2D eigenvalue weighted by molar-refractivity contribution is 0.0887. The maximum Gasteiger partial charge on any atom is 0.146 e. The average Bonchev–Trinajstić information content (AvgIpc) is 3.22. The van der Waals surface area contributed by atoms with E-state index in [1.54, 1.807) is 12.1 Å². The van der Waals surface area contributed by atoms with Crippen molar-refractivity contribution < 1.29 is 9.02 Å². The fourth-order valence-corrected chi connectivity index (χ4v) is 4.69. The molecule has 0 amide bonds. The summed E-state index contributed by atoms with van der Waals surface area (Å²) < 4.78 is 18.9. The van der Waals surface area contributed by atoms with Crippen molar-refractivity contribution >= 4 is 16.7 Å². The molecule has 5 rings (SSSR count). The molecule has 1 unspecified atom stereocenters. The van der Waals surface area contributed by atoms with Gasteiger partial charge in [0, 0.05) is 45.3 Å². The first-order chi connectivity index (χ1) is 14.3. The lowest BCUT2D eigenvalue weighted by Gasteiger charge is -2.44. The van der Waals surface area contributed by atoms with Gasteiger partial charge in [-0.1, -0.05) is 18.2 Å². The normalized spacial score (nSPS) is 21.7. The number of piperazine rings is 1. The maximum absolute atomic E-state index is 14.1. The monoisotopic (exact) mass is 395 g/mol. The Labute approximate surface area is 169 Å². The van der Waals surface area contributed by atoms with E-state index in [4.69, 9.17) is 4.63 Å². The standard InChI is InChI=1S/C22H26FN5O/c23-19-5-1-2-6-22(19)28-12-10-27(11-13-28)18-4-3-9-26(16-18)15-17-7-8-20-21(14-17)25-29-24-20/h1-2,5-8,14,18H,3-4,9-13,15-16H2. The molecule has 3 heterocycles. The summed E-state index contributed by atoms with van der Waals surface area (Å²) in [6.07, 6.45) is 2.45. The number of aromatic nitrogens is 2. The zero-order valence-corrected chi connectivity index (χ0v) is 16.5. The molecule has 0 saturated carbocycles. The molecule has 0 aliphatic carbocycles. The molecule has 2 fully saturated rings. The van der Waals surface area contributed by atoms with Gasteiger partial charge < -0.3 is 4.90 Å². The number of piperidine rings is 1. The first kappa shape index (κ1) is 18.5. The van der Waals surface area contributed by atoms with E-state index in [1.165, 1.54) is 18.4 Å². The van der Waals surface area contributed by atoms with Crippen LogP contribution in [0.5, 0.6) is 0 Å². The van der Waals surface area contributed by atoms with Crippen LogP contribution < -0.4 is 4.90 Å². The highest BCUT2D eigenvalue weighted by atomic mass is 19.1. The van der Waals surface area contributed by atoms with Crippen LogP contribution in [0.4, 0.5) is 10.1 Å². The Morgan fingerprint density at radius 2 is 1.79 bits per heavy atom. The highest BCUT2D eigenvalue weighted by Crippen LogP contribution is 2.24. The lowest BCUT2D eigenvalue weighted by Crippen LogP contribution is -2.55. The summed E-state index contributed by atoms with van der Waals surface area (Å²) in [7, 11) is 0. The number of hydrogen-bond donors (Lipinski definition) is 0. The van der Waals surface area contributed by atoms with Gasteiger partial charge in [-0.15, -0.1) is 0 Å². The number of hydrogen-bond acceptors (Lipinski definition) is 6. The van der Waals surface area contributed by atoms with E-state index in [1.807, 2.05) is 18.2 Å². The van der Waals surface area contributed by atoms with Crippen LogP contribution in [0.25, 0.3) is 11.0 Å². The Morgan fingerprint density at radius 1 is 0.966 bits per heavy atom. The molecule has 0 N–H and O–H groups in total. The molecule has 2 aromatic carbocycles. The number of benzene rings is 2. The number of anilines is 1. The van der Waals surface area contributed by atoms with E-state index in [9.17, 15) is 4.39 Å². The summed E-state index contributed by atoms with van der Waals surface area (Å²) in [6.45, 7) is 6.87. The molecule has 7 heteroatoms. The van der Waals surface area contributed by atoms with Crippen LogP contribution in [0.1, 0.15) is 18.4 Å². The van der Waals surface area contributed by atoms with Crippen LogP contribution in [-0.4, -0.2) is 65.4 Å². The second kappa shape index (κ2) is 8.08. The molecule has 0 bridgehead atoms. The number of para-hydroxylation sites is 1. The van der Waals surface area contributed by atoms with Crippen molar-refractivity contribution in [2.24, 2.45) is 0 Å². The summed E-state index contributed by atoms with van der Waals surface area (Å²) in [6, 6.07) is 13.8. The van der Waals surface area contributed by atoms with Gasteiger partial charge >= 0.3 is 0 Å². The summed E-state index contributed by atoms with van der Waals surface area (Å²) in [4.78, 5) is 7.30. The van der Waals surface area contributed by atoms with Crippen molar-refractivity contribution in [1.29, 1.82) is 0 Å². The molecular formula is C22H26FN5O. The Balaban J connectivity index is 1.18. The van der Waals surface area contributed by atoms with Gasteiger partial charge in [0.25, 0.3) is 0 Å². The van der Waals surface area contributed by atoms with E-state index in [0.29, 0.717) is 6.04 Å². The first-order valence-corrected chi connectivity index (χ1v) is 10.4. The molecule has 2 aliphatic rings. The minimum absolute atomic E-state index is 0.121. The average molecular weight is 395 g/mol. The topological polar surface area (TPSA) is 48.6 Å². The van der Waals surface area contributed by atoms with Crippen molar-refractivity contribution in [3.8, 4) is 0 Å². The van der Waals surface area contributed by atoms with Gasteiger partial charge in [-0.2, -0.15) is 0 Å². The predicted molar refractivity (Wildman–Crippen MR) is 110 cm³/mol. The molecule has 29 heavy (non-hydrogen) atoms. The second-order valence-corrected chi connectivity index (χ2v) is 8.09. The number of fused-ring (bicyclic) bond motifs is 1. The molecule has 0 spiro atoms. The Bertz CT molecular complexity index is 969. The van der Waals surface area contributed by atoms with Crippen LogP contribution in [0.2, 0.25) is 0 Å². The van der Waals surface area contributed by atoms with Gasteiger partial charge in [-0.05, 0) is 59.5 Å². The van der Waals surface area contributed by atoms with Crippen LogP contribution in [0, 0.1) is 5.82 Å². The summed E-state index contributed by atoms with van der Waals surface area (Å²) in [5, 5.41) is 7.83. The van der Waals surface area contributed by atoms with E-state index < -0.39 is 0 Å². The van der Waals surface area contributed by atoms with E-state index in [2.05, 4.69) is 37.1 Å². The number of rotatable bonds is 4. The van der Waals surface area contributed by atoms with E-state index in [-0.39, 0.29) is 5.82 Å². The fraction of sp³-hybridized carbons (Fsp3) is 0.455. The van der Waals surface area contributed by atoms with Gasteiger partial charge in [0.05, 0.1) is 5.69 Å². The van der Waals surface area contributed by atoms with Crippen LogP contribution in [-0.2, 0) is 6.54 Å². The largest absolute Gasteiger partial charge is 0.367 e. The third kappa shape index (κ3) is 3.97. The van der Waals surface area contributed by atoms with Gasteiger partial charge in [0.2, 0.25) is 0 Å². The quantitative estimate of drug-likeness (QED) is 0.676. The maximum atomic E-state index is 14.1. The lowest BCUT2D eigenvalue weighted by atomic mass is 10.0. The van der Waals surface area contributed by atoms with Crippen molar-refractivity contribution in [3.05, 3.63) is 53.8 Å². The first-order valence-electron chi connectivity index (χ1n) is 10.4. The van der Waals surface area contributed by atoms with E-state index >= 15 is 0 Å². The number of likely N-dealkylation sites (tertiary alicyclic amines) is 1. The second-order valence-electron chi connectivity index (χ2n) is 8.09. The van der Waals surface area contributed by atoms with Gasteiger partial charge in [0.1, 0.15) is 16.9 Å². The smallest absolute Gasteiger partial charge is 0.146 e. The molecule has 2 aliphatic heterocycles. The van der Waals surface area contributed by atoms with Crippen molar-refractivity contribution in [3.63, 3.8) is 0 Å². The van der Waals surface area contributed by atoms with E-state index in [0.717, 1.165) is 62.5 Å². The van der Waals surface area contributed by atoms with Crippen molar-refractivity contribution in [2.45, 2.75) is 25.4 Å². The third-order valence-electron chi connectivity index (χ3n) is 6.23. The third-order valence-corrected chi connectivity index (χ3v) is 6.23. The molecule has 3 aromatic rings. The molecule has 152 valence electrons. The summed E-state index contributed by atoms with van der Waals surface area (Å²) in [5.74, 6) is -0.121. The van der Waals surface area contributed by atoms with Crippen LogP contribution >= 0.6 is 0 Å². The Kier molecular flexibility index (Phi) is 5.16. The molecule has 0 radical (unpaired) electrons. The zero-order valence-electron chi connectivity index (χ0n) is 16.5. The molecule has 2 saturated heterocycles. The molecule has 6 nitrogen and oxygen atoms in total. The van der Waals surface area contributed by atoms with Gasteiger partial charge in [-0.3, -0.25) is 9.80 Å². The fourth-order valence-electron chi connectivity index (χ4n) is 4.69. The summed E-state index contributed by atoms with van der Waals surface area (Å²) in [5.41, 5.74) is 3.60. The Morgan fingerprint density at radius 3 is 2.66 bits per heavy atom. The number of nitrogens with zero attached hydrogens (tertiary/aromatic N) is 5. The zero-order chi connectivity index (χ0) is 19.6. The predicted octanol–water partition coefficient (Wildman–Crippen LogP) is 3.15. The highest BCUT2D eigenvalue weighted by Gasteiger charge is 2.28. The Hall–Kier alpha value is -2.51. The van der Waals surface area contributed by atoms with Crippen LogP contribution in [0.15, 0.2) is 47.1 Å². The molecular weight excluding hydrogens is 369 g/mol. The molecule has 1 atom stereocenters. The molecule has 1 aromatic heterocycles. The van der Waals surface area contributed by atoms with Crippen molar-refractivity contribution in [1.82, 2.24) is 20.1 Å². The SMILES string of the molecule is Fc1ccccc1N1CCN(C2CCCN(Cc3ccc4nonc4c3)C2)CC1. The van der Waals surface area contributed by atoms with Gasteiger partial charge in [0.15, 0.2) is 0 Å². The minimum Gasteiger partial charge on any atom is -0.367 e. The highest BCUT2D eigenvalue weighted by molar-refractivity contribution is 5.73. The van der Waals surface area contributed by atoms with Gasteiger partial charge in [-0.25, -0.2) is 9.02 Å². The minimum atomic E-state index is -0.121. The summed E-state index contributed by atoms with van der Waals surface area (Å²) >= 11 is 0. The van der Waals surface area contributed by atoms with Crippen LogP contribution in [0.3, 0.4) is 0 Å².